The van der Waals surface area contributed by atoms with Crippen molar-refractivity contribution in [2.24, 2.45) is 0 Å². The Bertz CT molecular complexity index is 2440. The van der Waals surface area contributed by atoms with Crippen LogP contribution >= 0.6 is 0 Å². The van der Waals surface area contributed by atoms with Crippen molar-refractivity contribution in [2.75, 3.05) is 24.6 Å². The Morgan fingerprint density at radius 2 is 1.39 bits per heavy atom. The molecule has 0 aliphatic carbocycles. The zero-order chi connectivity index (χ0) is 37.1. The second-order valence-electron chi connectivity index (χ2n) is 14.2. The first kappa shape index (κ1) is 36.7. The first-order valence-corrected chi connectivity index (χ1v) is 20.0. The van der Waals surface area contributed by atoms with Crippen LogP contribution in [0.5, 0.6) is 0 Å². The third-order valence-corrected chi connectivity index (χ3v) is 12.1. The predicted molar refractivity (Wildman–Crippen MR) is 204 cm³/mol. The highest BCUT2D eigenvalue weighted by Crippen LogP contribution is 2.51. The monoisotopic (exact) mass is 729 g/mol. The molecule has 51 heavy (non-hydrogen) atoms. The van der Waals surface area contributed by atoms with Crippen LogP contribution in [-0.2, 0) is 31.1 Å². The Morgan fingerprint density at radius 1 is 0.804 bits per heavy atom. The molecule has 0 amide bonds. The summed E-state index contributed by atoms with van der Waals surface area (Å²) in [6.45, 7) is 14.4. The maximum Gasteiger partial charge on any atom is 0.294 e. The predicted octanol–water partition coefficient (Wildman–Crippen LogP) is 7.84. The van der Waals surface area contributed by atoms with Crippen molar-refractivity contribution in [3.05, 3.63) is 107 Å². The van der Waals surface area contributed by atoms with Gasteiger partial charge in [-0.25, -0.2) is 0 Å². The topological polar surface area (TPSA) is 135 Å². The van der Waals surface area contributed by atoms with Crippen LogP contribution < -0.4 is 4.90 Å². The molecule has 0 fully saturated rings. The van der Waals surface area contributed by atoms with Gasteiger partial charge in [0.15, 0.2) is 5.71 Å². The molecule has 6 rings (SSSR count). The van der Waals surface area contributed by atoms with Gasteiger partial charge < -0.3 is 10.0 Å². The normalized spacial score (nSPS) is 18.1. The van der Waals surface area contributed by atoms with E-state index in [1.165, 1.54) is 24.3 Å². The molecule has 2 heterocycles. The van der Waals surface area contributed by atoms with Crippen LogP contribution in [-0.4, -0.2) is 61.0 Å². The van der Waals surface area contributed by atoms with E-state index in [1.807, 2.05) is 24.3 Å². The second kappa shape index (κ2) is 13.1. The van der Waals surface area contributed by atoms with Crippen molar-refractivity contribution in [1.29, 1.82) is 0 Å². The summed E-state index contributed by atoms with van der Waals surface area (Å²) < 4.78 is 69.0. The number of rotatable bonds is 10. The first-order valence-electron chi connectivity index (χ1n) is 17.2. The van der Waals surface area contributed by atoms with Gasteiger partial charge in [0.2, 0.25) is 5.69 Å². The van der Waals surface area contributed by atoms with Gasteiger partial charge in [-0.05, 0) is 116 Å². The molecular formula is C40H45N2O7S2+. The molecule has 0 bridgehead atoms. The number of benzene rings is 4. The van der Waals surface area contributed by atoms with E-state index >= 15 is 0 Å². The number of hydrogen-bond acceptors (Lipinski definition) is 6. The quantitative estimate of drug-likeness (QED) is 0.0854. The highest BCUT2D eigenvalue weighted by atomic mass is 32.2. The summed E-state index contributed by atoms with van der Waals surface area (Å²) in [6.07, 6.45) is 9.79. The van der Waals surface area contributed by atoms with E-state index in [2.05, 4.69) is 75.3 Å². The zero-order valence-corrected chi connectivity index (χ0v) is 31.4. The van der Waals surface area contributed by atoms with Gasteiger partial charge in [0.25, 0.3) is 20.2 Å². The van der Waals surface area contributed by atoms with E-state index in [4.69, 9.17) is 0 Å². The maximum absolute atomic E-state index is 11.9. The van der Waals surface area contributed by atoms with Crippen LogP contribution in [0.4, 0.5) is 11.4 Å². The Morgan fingerprint density at radius 3 is 1.94 bits per heavy atom. The number of aliphatic hydroxyl groups excluding tert-OH is 1. The Balaban J connectivity index is 1.41. The minimum atomic E-state index is -4.33. The molecule has 11 heteroatoms. The molecular weight excluding hydrogens is 685 g/mol. The number of nitrogens with zero attached hydrogens (tertiary/aromatic N) is 2. The van der Waals surface area contributed by atoms with Crippen LogP contribution in [0.2, 0.25) is 0 Å². The van der Waals surface area contributed by atoms with Crippen LogP contribution in [0.25, 0.3) is 21.5 Å². The largest absolute Gasteiger partial charge is 0.396 e. The number of likely N-dealkylation sites (N-methyl/N-ethyl adjacent to an activating group) is 1. The number of anilines is 1. The molecule has 0 radical (unpaired) electrons. The lowest BCUT2D eigenvalue weighted by Crippen LogP contribution is -2.27. The van der Waals surface area contributed by atoms with E-state index in [0.29, 0.717) is 12.8 Å². The van der Waals surface area contributed by atoms with Crippen molar-refractivity contribution in [3.8, 4) is 0 Å². The van der Waals surface area contributed by atoms with E-state index in [9.17, 15) is 31.0 Å². The van der Waals surface area contributed by atoms with Crippen LogP contribution in [0, 0.1) is 0 Å². The first-order chi connectivity index (χ1) is 23.9. The van der Waals surface area contributed by atoms with Gasteiger partial charge in [-0.15, -0.1) is 0 Å². The lowest BCUT2D eigenvalue weighted by atomic mass is 9.79. The number of fused-ring (bicyclic) bond motifs is 6. The van der Waals surface area contributed by atoms with Crippen molar-refractivity contribution < 1.29 is 35.6 Å². The van der Waals surface area contributed by atoms with Gasteiger partial charge in [0, 0.05) is 47.7 Å². The minimum Gasteiger partial charge on any atom is -0.396 e. The molecule has 9 nitrogen and oxygen atoms in total. The molecule has 2 aliphatic heterocycles. The minimum absolute atomic E-state index is 0.0590. The number of allylic oxidation sites excluding steroid dienone is 6. The summed E-state index contributed by atoms with van der Waals surface area (Å²) >= 11 is 0. The molecule has 4 aromatic rings. The molecule has 4 aromatic carbocycles. The van der Waals surface area contributed by atoms with Gasteiger partial charge in [-0.3, -0.25) is 9.11 Å². The fourth-order valence-electron chi connectivity index (χ4n) is 8.02. The maximum atomic E-state index is 11.9. The van der Waals surface area contributed by atoms with Crippen LogP contribution in [0.15, 0.2) is 106 Å². The van der Waals surface area contributed by atoms with Gasteiger partial charge in [0.1, 0.15) is 6.54 Å². The van der Waals surface area contributed by atoms with E-state index < -0.39 is 31.1 Å². The molecule has 0 atom stereocenters. The zero-order valence-electron chi connectivity index (χ0n) is 29.8. The fourth-order valence-corrected chi connectivity index (χ4v) is 9.05. The lowest BCUT2D eigenvalue weighted by molar-refractivity contribution is -0.433. The SMILES string of the molecule is CCN1C(=CC=C(C=CC2=[N+](CC)c3ccc4cc(S(=O)(=O)O)ccc4c3C2(C)C)CCCO)C(C)(C)c2c1ccc1cc(S(=O)(=O)O)ccc21. The highest BCUT2D eigenvalue weighted by molar-refractivity contribution is 7.86. The Hall–Kier alpha value is -4.13. The van der Waals surface area contributed by atoms with E-state index in [0.717, 1.165) is 74.1 Å². The smallest absolute Gasteiger partial charge is 0.294 e. The second-order valence-corrected chi connectivity index (χ2v) is 17.1. The molecule has 0 aromatic heterocycles. The van der Waals surface area contributed by atoms with Crippen LogP contribution in [0.1, 0.15) is 65.5 Å². The Kier molecular flexibility index (Phi) is 9.44. The average Bonchev–Trinajstić information content (AvgIpc) is 3.44. The summed E-state index contributed by atoms with van der Waals surface area (Å²) in [5.41, 5.74) is 6.66. The Labute approximate surface area is 300 Å². The fraction of sp³-hybridized carbons (Fsp3) is 0.325. The molecule has 268 valence electrons. The van der Waals surface area contributed by atoms with Crippen LogP contribution in [0.3, 0.4) is 0 Å². The standard InChI is InChI=1S/C40H44N2O7S2/c1-7-41-33-19-13-27-24-29(50(44,45)46)15-17-31(27)37(33)39(3,4)35(41)21-11-26(10-9-23-43)12-22-36-40(5,6)38-32-18-16-30(51(47,48)49)25-28(32)14-20-34(38)42(36)8-2/h11-22,24-25,43H,7-10,23H2,1-6H3,(H-,44,45,46,47,48,49)/p+1. The van der Waals surface area contributed by atoms with Crippen molar-refractivity contribution in [2.45, 2.75) is 75.0 Å². The number of aliphatic hydroxyl groups is 1. The lowest BCUT2D eigenvalue weighted by Gasteiger charge is -2.26. The van der Waals surface area contributed by atoms with Gasteiger partial charge in [0.05, 0.1) is 15.2 Å². The molecule has 0 saturated heterocycles. The average molecular weight is 730 g/mol. The van der Waals surface area contributed by atoms with Gasteiger partial charge in [-0.2, -0.15) is 21.4 Å². The molecule has 3 N–H and O–H groups in total. The molecule has 0 saturated carbocycles. The van der Waals surface area contributed by atoms with Crippen molar-refractivity contribution >= 4 is 58.9 Å². The molecule has 2 aliphatic rings. The summed E-state index contributed by atoms with van der Waals surface area (Å²) in [7, 11) is -8.66. The summed E-state index contributed by atoms with van der Waals surface area (Å²) in [5.74, 6) is 0. The summed E-state index contributed by atoms with van der Waals surface area (Å²) in [6, 6.07) is 17.3. The number of hydrogen-bond donors (Lipinski definition) is 3. The third-order valence-electron chi connectivity index (χ3n) is 10.4. The highest BCUT2D eigenvalue weighted by Gasteiger charge is 2.45. The van der Waals surface area contributed by atoms with Gasteiger partial charge >= 0.3 is 0 Å². The van der Waals surface area contributed by atoms with Gasteiger partial charge in [-0.1, -0.05) is 44.2 Å². The van der Waals surface area contributed by atoms with E-state index in [1.54, 1.807) is 12.1 Å². The van der Waals surface area contributed by atoms with E-state index in [-0.39, 0.29) is 16.4 Å². The molecule has 0 unspecified atom stereocenters. The molecule has 0 spiro atoms. The third kappa shape index (κ3) is 6.35. The van der Waals surface area contributed by atoms with Crippen molar-refractivity contribution in [1.82, 2.24) is 0 Å². The summed E-state index contributed by atoms with van der Waals surface area (Å²) in [4.78, 5) is 2.01. The summed E-state index contributed by atoms with van der Waals surface area (Å²) in [5, 5.41) is 13.1. The van der Waals surface area contributed by atoms with Crippen molar-refractivity contribution in [3.63, 3.8) is 0 Å².